The van der Waals surface area contributed by atoms with E-state index in [1.165, 1.54) is 33.4 Å². The van der Waals surface area contributed by atoms with Gasteiger partial charge in [0, 0.05) is 25.1 Å². The standard InChI is InChI=1S/C53H32N6O/c60-51-58(31-21-23-35-33-11-1-3-13-37(33)52(43(35)29-31)39-15-7-25-54-47(39)48-40(52)16-8-26-55-48)45-19-5-6-20-46(45)59(51)32-22-24-36-34-12-2-4-14-38(34)53(44(36)30-32)41-17-9-27-56-49(41)50-42(53)18-10-28-57-50/h1-27,29-30,57H,28H2. The number of allylic oxidation sites excluding steroid dienone is 2. The highest BCUT2D eigenvalue weighted by Gasteiger charge is 2.55. The van der Waals surface area contributed by atoms with Gasteiger partial charge in [0.1, 0.15) is 0 Å². The summed E-state index contributed by atoms with van der Waals surface area (Å²) in [5.41, 5.74) is 19.7. The van der Waals surface area contributed by atoms with Crippen LogP contribution in [0.5, 0.6) is 0 Å². The SMILES string of the molecule is O=c1n(-c2ccc3c(c2)C2(C4=C(NCC=C4)c4ncccc42)c2ccccc2-3)c2ccccc2n1-c1ccc2c(c1)C1(c3ccccc3-2)c2cccnc2-c2ncccc21. The molecule has 4 aliphatic carbocycles. The molecule has 14 rings (SSSR count). The molecule has 2 spiro atoms. The molecule has 4 aromatic heterocycles. The molecule has 0 amide bonds. The van der Waals surface area contributed by atoms with E-state index < -0.39 is 10.8 Å². The molecule has 5 aromatic carbocycles. The van der Waals surface area contributed by atoms with Gasteiger partial charge in [-0.25, -0.2) is 4.79 Å². The van der Waals surface area contributed by atoms with E-state index in [9.17, 15) is 0 Å². The first-order chi connectivity index (χ1) is 29.7. The quantitative estimate of drug-likeness (QED) is 0.190. The molecule has 1 aliphatic heterocycles. The molecule has 5 heterocycles. The van der Waals surface area contributed by atoms with Crippen LogP contribution in [0, 0.1) is 0 Å². The second-order valence-electron chi connectivity index (χ2n) is 16.3. The highest BCUT2D eigenvalue weighted by Crippen LogP contribution is 2.63. The molecule has 280 valence electrons. The van der Waals surface area contributed by atoms with Gasteiger partial charge in [-0.1, -0.05) is 103 Å². The van der Waals surface area contributed by atoms with Gasteiger partial charge in [-0.05, 0) is 121 Å². The van der Waals surface area contributed by atoms with Gasteiger partial charge >= 0.3 is 5.69 Å². The minimum atomic E-state index is -0.636. The van der Waals surface area contributed by atoms with E-state index >= 15 is 4.79 Å². The summed E-state index contributed by atoms with van der Waals surface area (Å²) in [5.74, 6) is 0. The van der Waals surface area contributed by atoms with E-state index in [2.05, 4.69) is 133 Å². The van der Waals surface area contributed by atoms with Gasteiger partial charge in [-0.15, -0.1) is 0 Å². The summed E-state index contributed by atoms with van der Waals surface area (Å²) in [4.78, 5) is 30.2. The molecule has 0 radical (unpaired) electrons. The van der Waals surface area contributed by atoms with Crippen LogP contribution in [0.4, 0.5) is 0 Å². The summed E-state index contributed by atoms with van der Waals surface area (Å²) in [6.45, 7) is 0.747. The molecular weight excluding hydrogens is 737 g/mol. The highest BCUT2D eigenvalue weighted by atomic mass is 16.1. The first kappa shape index (κ1) is 32.1. The van der Waals surface area contributed by atoms with Crippen LogP contribution in [0.1, 0.15) is 44.6 Å². The fraction of sp³-hybridized carbons (Fsp3) is 0.0566. The number of hydrogen-bond donors (Lipinski definition) is 1. The second kappa shape index (κ2) is 11.2. The maximum atomic E-state index is 15.4. The van der Waals surface area contributed by atoms with Crippen molar-refractivity contribution in [2.24, 2.45) is 0 Å². The smallest absolute Gasteiger partial charge is 0.338 e. The molecule has 7 nitrogen and oxygen atoms in total. The monoisotopic (exact) mass is 768 g/mol. The number of dihydropyridines is 1. The number of fused-ring (bicyclic) bond motifs is 20. The van der Waals surface area contributed by atoms with Crippen molar-refractivity contribution in [3.63, 3.8) is 0 Å². The van der Waals surface area contributed by atoms with Gasteiger partial charge in [0.05, 0.1) is 56.0 Å². The molecule has 5 aliphatic rings. The molecule has 0 fully saturated rings. The van der Waals surface area contributed by atoms with Crippen LogP contribution in [-0.4, -0.2) is 30.6 Å². The van der Waals surface area contributed by atoms with Crippen molar-refractivity contribution in [1.29, 1.82) is 0 Å². The highest BCUT2D eigenvalue weighted by molar-refractivity contribution is 5.96. The average molecular weight is 769 g/mol. The van der Waals surface area contributed by atoms with Crippen LogP contribution in [0.3, 0.4) is 0 Å². The van der Waals surface area contributed by atoms with Gasteiger partial charge in [0.15, 0.2) is 0 Å². The molecule has 7 heteroatoms. The lowest BCUT2D eigenvalue weighted by molar-refractivity contribution is 0.774. The predicted molar refractivity (Wildman–Crippen MR) is 234 cm³/mol. The summed E-state index contributed by atoms with van der Waals surface area (Å²) in [6.07, 6.45) is 10.1. The van der Waals surface area contributed by atoms with Crippen LogP contribution in [-0.2, 0) is 10.8 Å². The maximum Gasteiger partial charge on any atom is 0.338 e. The third-order valence-corrected chi connectivity index (χ3v) is 13.8. The normalized spacial score (nSPS) is 17.5. The molecular formula is C53H32N6O. The van der Waals surface area contributed by atoms with Crippen molar-refractivity contribution in [2.75, 3.05) is 6.54 Å². The van der Waals surface area contributed by atoms with E-state index in [1.54, 1.807) is 0 Å². The number of imidazole rings is 1. The van der Waals surface area contributed by atoms with Gasteiger partial charge in [-0.2, -0.15) is 0 Å². The topological polar surface area (TPSA) is 77.6 Å². The Morgan fingerprint density at radius 2 is 0.933 bits per heavy atom. The summed E-state index contributed by atoms with van der Waals surface area (Å²) in [5, 5.41) is 3.67. The third-order valence-electron chi connectivity index (χ3n) is 13.8. The number of nitrogens with one attached hydrogen (secondary N) is 1. The Hall–Kier alpha value is -7.90. The summed E-state index contributed by atoms with van der Waals surface area (Å²) in [7, 11) is 0. The minimum absolute atomic E-state index is 0.131. The summed E-state index contributed by atoms with van der Waals surface area (Å²) >= 11 is 0. The fourth-order valence-electron chi connectivity index (χ4n) is 11.7. The van der Waals surface area contributed by atoms with Crippen molar-refractivity contribution in [3.8, 4) is 45.0 Å². The number of hydrogen-bond acceptors (Lipinski definition) is 5. The molecule has 1 atom stereocenters. The van der Waals surface area contributed by atoms with Crippen LogP contribution >= 0.6 is 0 Å². The van der Waals surface area contributed by atoms with E-state index in [0.717, 1.165) is 85.1 Å². The maximum absolute atomic E-state index is 15.4. The van der Waals surface area contributed by atoms with Crippen LogP contribution in [0.15, 0.2) is 187 Å². The summed E-state index contributed by atoms with van der Waals surface area (Å²) < 4.78 is 3.78. The first-order valence-electron chi connectivity index (χ1n) is 20.4. The zero-order chi connectivity index (χ0) is 39.3. The molecule has 1 N–H and O–H groups in total. The number of benzene rings is 5. The first-order valence-corrected chi connectivity index (χ1v) is 20.4. The molecule has 0 saturated heterocycles. The Balaban J connectivity index is 1.01. The van der Waals surface area contributed by atoms with Crippen LogP contribution in [0.2, 0.25) is 0 Å². The van der Waals surface area contributed by atoms with Crippen molar-refractivity contribution in [3.05, 3.63) is 237 Å². The van der Waals surface area contributed by atoms with Crippen molar-refractivity contribution < 1.29 is 0 Å². The van der Waals surface area contributed by atoms with Crippen molar-refractivity contribution in [2.45, 2.75) is 10.8 Å². The average Bonchev–Trinajstić information content (AvgIpc) is 4.05. The second-order valence-corrected chi connectivity index (χ2v) is 16.3. The van der Waals surface area contributed by atoms with Crippen LogP contribution in [0.25, 0.3) is 61.7 Å². The fourth-order valence-corrected chi connectivity index (χ4v) is 11.7. The molecule has 0 saturated carbocycles. The number of para-hydroxylation sites is 2. The van der Waals surface area contributed by atoms with Gasteiger partial charge in [0.2, 0.25) is 0 Å². The van der Waals surface area contributed by atoms with Gasteiger partial charge in [-0.3, -0.25) is 24.1 Å². The Labute approximate surface area is 344 Å². The zero-order valence-corrected chi connectivity index (χ0v) is 32.1. The van der Waals surface area contributed by atoms with E-state index in [4.69, 9.17) is 15.0 Å². The molecule has 9 aromatic rings. The van der Waals surface area contributed by atoms with Crippen LogP contribution < -0.4 is 11.0 Å². The number of pyridine rings is 3. The number of rotatable bonds is 2. The van der Waals surface area contributed by atoms with Gasteiger partial charge < -0.3 is 5.32 Å². The lowest BCUT2D eigenvalue weighted by Crippen LogP contribution is -2.29. The van der Waals surface area contributed by atoms with E-state index in [0.29, 0.717) is 0 Å². The van der Waals surface area contributed by atoms with E-state index in [1.807, 2.05) is 58.1 Å². The van der Waals surface area contributed by atoms with E-state index in [-0.39, 0.29) is 5.69 Å². The Kier molecular flexibility index (Phi) is 5.98. The Morgan fingerprint density at radius 3 is 1.53 bits per heavy atom. The third kappa shape index (κ3) is 3.60. The van der Waals surface area contributed by atoms with Gasteiger partial charge in [0.25, 0.3) is 0 Å². The summed E-state index contributed by atoms with van der Waals surface area (Å²) in [6, 6.07) is 51.3. The largest absolute Gasteiger partial charge is 0.380 e. The van der Waals surface area contributed by atoms with Crippen molar-refractivity contribution >= 4 is 16.7 Å². The minimum Gasteiger partial charge on any atom is -0.380 e. The Morgan fingerprint density at radius 1 is 0.467 bits per heavy atom. The number of aromatic nitrogens is 5. The molecule has 60 heavy (non-hydrogen) atoms. The lowest BCUT2D eigenvalue weighted by atomic mass is 9.69. The predicted octanol–water partition coefficient (Wildman–Crippen LogP) is 9.51. The lowest BCUT2D eigenvalue weighted by Gasteiger charge is -2.31. The zero-order valence-electron chi connectivity index (χ0n) is 32.1. The molecule has 1 unspecified atom stereocenters. The molecule has 0 bridgehead atoms. The Bertz CT molecular complexity index is 3490. The number of nitrogens with zero attached hydrogens (tertiary/aromatic N) is 5. The van der Waals surface area contributed by atoms with Crippen molar-refractivity contribution in [1.82, 2.24) is 29.4 Å².